The van der Waals surface area contributed by atoms with Gasteiger partial charge < -0.3 is 16.6 Å². The monoisotopic (exact) mass is 307 g/mol. The molecule has 0 bridgehead atoms. The van der Waals surface area contributed by atoms with E-state index in [1.165, 1.54) is 49.9 Å². The molecule has 0 atom stereocenters. The van der Waals surface area contributed by atoms with Crippen molar-refractivity contribution in [1.29, 1.82) is 0 Å². The highest BCUT2D eigenvalue weighted by atomic mass is 16.6. The van der Waals surface area contributed by atoms with Crippen molar-refractivity contribution in [2.24, 2.45) is 5.73 Å². The van der Waals surface area contributed by atoms with Crippen molar-refractivity contribution in [3.63, 3.8) is 0 Å². The highest BCUT2D eigenvalue weighted by Gasteiger charge is 2.00. The molecule has 0 saturated carbocycles. The van der Waals surface area contributed by atoms with E-state index in [4.69, 9.17) is 15.6 Å². The molecule has 0 fully saturated rings. The lowest BCUT2D eigenvalue weighted by Gasteiger charge is -1.97. The second-order valence-corrected chi connectivity index (χ2v) is 4.45. The summed E-state index contributed by atoms with van der Waals surface area (Å²) in [4.78, 5) is 18.4. The van der Waals surface area contributed by atoms with Crippen LogP contribution in [0.25, 0.3) is 0 Å². The number of amides is 1. The Morgan fingerprint density at radius 3 is 1.86 bits per heavy atom. The minimum Gasteiger partial charge on any atom is -0.465 e. The van der Waals surface area contributed by atoms with Crippen LogP contribution in [0.3, 0.4) is 0 Å². The molecule has 1 aromatic rings. The van der Waals surface area contributed by atoms with E-state index in [1.54, 1.807) is 0 Å². The molecule has 120 valence electrons. The number of non-ortho nitro benzene ring substituents is 1. The van der Waals surface area contributed by atoms with Crippen LogP contribution in [0.4, 0.5) is 16.2 Å². The first-order valence-corrected chi connectivity index (χ1v) is 6.87. The van der Waals surface area contributed by atoms with E-state index < -0.39 is 11.0 Å². The van der Waals surface area contributed by atoms with Crippen LogP contribution in [0.2, 0.25) is 0 Å². The van der Waals surface area contributed by atoms with Crippen molar-refractivity contribution in [3.05, 3.63) is 34.4 Å². The number of anilines is 1. The zero-order valence-electron chi connectivity index (χ0n) is 12.3. The fraction of sp³-hybridized carbons (Fsp3) is 0.400. The minimum absolute atomic E-state index is 0.0641. The van der Waals surface area contributed by atoms with Crippen molar-refractivity contribution in [2.75, 3.05) is 5.73 Å². The van der Waals surface area contributed by atoms with Crippen LogP contribution in [0, 0.1) is 22.0 Å². The molecule has 2 rings (SSSR count). The Balaban J connectivity index is 0.000000330. The van der Waals surface area contributed by atoms with Crippen LogP contribution in [0.15, 0.2) is 24.3 Å². The molecule has 0 saturated heterocycles. The summed E-state index contributed by atoms with van der Waals surface area (Å²) >= 11 is 0. The quantitative estimate of drug-likeness (QED) is 0.317. The molecule has 7 nitrogen and oxygen atoms in total. The normalized spacial score (nSPS) is 12.5. The van der Waals surface area contributed by atoms with E-state index in [9.17, 15) is 10.1 Å². The smallest absolute Gasteiger partial charge is 0.402 e. The van der Waals surface area contributed by atoms with Crippen molar-refractivity contribution < 1.29 is 14.8 Å². The number of primary amides is 1. The van der Waals surface area contributed by atoms with Gasteiger partial charge in [-0.2, -0.15) is 0 Å². The second-order valence-electron chi connectivity index (χ2n) is 4.45. The van der Waals surface area contributed by atoms with E-state index in [2.05, 4.69) is 17.6 Å². The number of nitrogen functional groups attached to an aromatic ring is 1. The highest BCUT2D eigenvalue weighted by Crippen LogP contribution is 2.12. The molecule has 0 heterocycles. The van der Waals surface area contributed by atoms with Gasteiger partial charge in [0.2, 0.25) is 0 Å². The van der Waals surface area contributed by atoms with Gasteiger partial charge in [-0.1, -0.05) is 12.8 Å². The average molecular weight is 307 g/mol. The third kappa shape index (κ3) is 12.3. The first-order chi connectivity index (χ1) is 10.4. The number of carboxylic acid groups (broad SMARTS) is 1. The molecule has 0 radical (unpaired) electrons. The summed E-state index contributed by atoms with van der Waals surface area (Å²) in [5.74, 6) is 6.27. The zero-order valence-corrected chi connectivity index (χ0v) is 12.3. The van der Waals surface area contributed by atoms with Crippen LogP contribution < -0.4 is 11.5 Å². The van der Waals surface area contributed by atoms with Crippen LogP contribution in [-0.2, 0) is 0 Å². The maximum atomic E-state index is 10.1. The average Bonchev–Trinajstić information content (AvgIpc) is 2.38. The predicted octanol–water partition coefficient (Wildman–Crippen LogP) is 3.14. The third-order valence-electron chi connectivity index (χ3n) is 2.58. The topological polar surface area (TPSA) is 132 Å². The van der Waals surface area contributed by atoms with Crippen molar-refractivity contribution in [1.82, 2.24) is 0 Å². The fourth-order valence-corrected chi connectivity index (χ4v) is 1.55. The molecular weight excluding hydrogens is 286 g/mol. The van der Waals surface area contributed by atoms with Gasteiger partial charge in [0.25, 0.3) is 5.69 Å². The van der Waals surface area contributed by atoms with Gasteiger partial charge in [0.15, 0.2) is 0 Å². The Kier molecular flexibility index (Phi) is 10.5. The highest BCUT2D eigenvalue weighted by molar-refractivity contribution is 5.61. The zero-order chi connectivity index (χ0) is 16.8. The predicted molar refractivity (Wildman–Crippen MR) is 85.2 cm³/mol. The number of nitro groups is 1. The lowest BCUT2D eigenvalue weighted by molar-refractivity contribution is -0.384. The Hall–Kier alpha value is -2.75. The van der Waals surface area contributed by atoms with Gasteiger partial charge in [0.1, 0.15) is 0 Å². The number of rotatable bonds is 1. The van der Waals surface area contributed by atoms with Gasteiger partial charge in [-0.15, -0.1) is 11.8 Å². The number of carbonyl (C=O) groups is 1. The van der Waals surface area contributed by atoms with Gasteiger partial charge >= 0.3 is 6.09 Å². The molecule has 0 aromatic heterocycles. The molecule has 1 aromatic carbocycles. The van der Waals surface area contributed by atoms with Crippen molar-refractivity contribution >= 4 is 17.5 Å². The van der Waals surface area contributed by atoms with Gasteiger partial charge in [0, 0.05) is 30.7 Å². The molecule has 0 unspecified atom stereocenters. The Morgan fingerprint density at radius 2 is 1.50 bits per heavy atom. The van der Waals surface area contributed by atoms with E-state index in [-0.39, 0.29) is 5.69 Å². The molecule has 5 N–H and O–H groups in total. The SMILES string of the molecule is C1#CCCCCCC1.NC(=O)O.Nc1ccc([N+](=O)[O-])cc1. The lowest BCUT2D eigenvalue weighted by atomic mass is 10.1. The van der Waals surface area contributed by atoms with Gasteiger partial charge in [-0.05, 0) is 25.0 Å². The van der Waals surface area contributed by atoms with Crippen LogP contribution in [0.5, 0.6) is 0 Å². The van der Waals surface area contributed by atoms with Crippen molar-refractivity contribution in [3.8, 4) is 11.8 Å². The van der Waals surface area contributed by atoms with Crippen LogP contribution in [-0.4, -0.2) is 16.1 Å². The van der Waals surface area contributed by atoms with Gasteiger partial charge in [-0.25, -0.2) is 4.79 Å². The van der Waals surface area contributed by atoms with Gasteiger partial charge in [0.05, 0.1) is 4.92 Å². The molecule has 0 aliphatic heterocycles. The maximum absolute atomic E-state index is 10.1. The van der Waals surface area contributed by atoms with E-state index in [1.807, 2.05) is 0 Å². The summed E-state index contributed by atoms with van der Waals surface area (Å²) < 4.78 is 0. The largest absolute Gasteiger partial charge is 0.465 e. The lowest BCUT2D eigenvalue weighted by Crippen LogP contribution is -2.03. The molecule has 0 spiro atoms. The molecule has 22 heavy (non-hydrogen) atoms. The van der Waals surface area contributed by atoms with Crippen LogP contribution in [0.1, 0.15) is 38.5 Å². The number of benzene rings is 1. The number of nitro benzene ring substituents is 1. The molecule has 1 aliphatic carbocycles. The number of hydrogen-bond donors (Lipinski definition) is 3. The van der Waals surface area contributed by atoms with Crippen molar-refractivity contribution in [2.45, 2.75) is 38.5 Å². The Bertz CT molecular complexity index is 502. The fourth-order valence-electron chi connectivity index (χ4n) is 1.55. The number of hydrogen-bond acceptors (Lipinski definition) is 4. The maximum Gasteiger partial charge on any atom is 0.402 e. The van der Waals surface area contributed by atoms with E-state index in [0.29, 0.717) is 5.69 Å². The van der Waals surface area contributed by atoms with E-state index in [0.717, 1.165) is 12.8 Å². The third-order valence-corrected chi connectivity index (χ3v) is 2.58. The molecule has 1 amide bonds. The summed E-state index contributed by atoms with van der Waals surface area (Å²) in [6.45, 7) is 0. The second kappa shape index (κ2) is 12.0. The summed E-state index contributed by atoms with van der Waals surface area (Å²) in [6, 6.07) is 5.74. The molecule has 1 aliphatic rings. The first-order valence-electron chi connectivity index (χ1n) is 6.87. The van der Waals surface area contributed by atoms with E-state index >= 15 is 0 Å². The molecular formula is C15H21N3O4. The standard InChI is InChI=1S/C8H12.C6H6N2O2.CH3NO2/c1-2-4-6-8-7-5-3-1;7-5-1-3-6(4-2-5)8(9)10;2-1(3)4/h1-6H2;1-4H,7H2;2H2,(H,3,4). The van der Waals surface area contributed by atoms with Gasteiger partial charge in [-0.3, -0.25) is 10.1 Å². The molecule has 7 heteroatoms. The Labute approximate surface area is 129 Å². The number of nitrogens with two attached hydrogens (primary N) is 2. The Morgan fingerprint density at radius 1 is 1.09 bits per heavy atom. The summed E-state index contributed by atoms with van der Waals surface area (Å²) in [5.41, 5.74) is 9.93. The summed E-state index contributed by atoms with van der Waals surface area (Å²) in [7, 11) is 0. The van der Waals surface area contributed by atoms with Crippen LogP contribution >= 0.6 is 0 Å². The first kappa shape index (κ1) is 19.2. The number of nitrogens with zero attached hydrogens (tertiary/aromatic N) is 1. The summed E-state index contributed by atoms with van der Waals surface area (Å²) in [5, 5.41) is 17.3. The minimum atomic E-state index is -1.33. The summed E-state index contributed by atoms with van der Waals surface area (Å²) in [6.07, 6.45) is 6.39.